The van der Waals surface area contributed by atoms with Gasteiger partial charge in [-0.05, 0) is 31.2 Å². The molecular formula is C17H26O3. The van der Waals surface area contributed by atoms with Crippen LogP contribution in [0.2, 0.25) is 0 Å². The molecule has 0 aliphatic heterocycles. The third kappa shape index (κ3) is 3.53. The van der Waals surface area contributed by atoms with Crippen LogP contribution >= 0.6 is 0 Å². The number of para-hydroxylation sites is 1. The fourth-order valence-corrected chi connectivity index (χ4v) is 3.17. The molecule has 0 radical (unpaired) electrons. The summed E-state index contributed by atoms with van der Waals surface area (Å²) < 4.78 is 10.8. The first-order chi connectivity index (χ1) is 9.69. The molecule has 0 amide bonds. The summed E-state index contributed by atoms with van der Waals surface area (Å²) in [6.07, 6.45) is 5.12. The Morgan fingerprint density at radius 3 is 2.85 bits per heavy atom. The SMILES string of the molecule is CCC1CCCC(O)(c2ccccc2OCCOC)C1. The van der Waals surface area contributed by atoms with Gasteiger partial charge in [0.05, 0.1) is 12.2 Å². The predicted octanol–water partition coefficient (Wildman–Crippen LogP) is 3.50. The average molecular weight is 278 g/mol. The third-order valence-electron chi connectivity index (χ3n) is 4.34. The van der Waals surface area contributed by atoms with Crippen LogP contribution in [0.4, 0.5) is 0 Å². The van der Waals surface area contributed by atoms with E-state index in [-0.39, 0.29) is 0 Å². The van der Waals surface area contributed by atoms with Crippen molar-refractivity contribution in [3.05, 3.63) is 29.8 Å². The van der Waals surface area contributed by atoms with Gasteiger partial charge >= 0.3 is 0 Å². The molecule has 0 aromatic heterocycles. The van der Waals surface area contributed by atoms with Gasteiger partial charge in [0.1, 0.15) is 12.4 Å². The van der Waals surface area contributed by atoms with Gasteiger partial charge in [0.25, 0.3) is 0 Å². The van der Waals surface area contributed by atoms with Crippen molar-refractivity contribution in [3.8, 4) is 5.75 Å². The highest BCUT2D eigenvalue weighted by Gasteiger charge is 2.37. The highest BCUT2D eigenvalue weighted by Crippen LogP contribution is 2.44. The molecule has 0 bridgehead atoms. The summed E-state index contributed by atoms with van der Waals surface area (Å²) >= 11 is 0. The Bertz CT molecular complexity index is 418. The highest BCUT2D eigenvalue weighted by atomic mass is 16.5. The van der Waals surface area contributed by atoms with E-state index in [0.29, 0.717) is 19.1 Å². The molecule has 3 heteroatoms. The first-order valence-electron chi connectivity index (χ1n) is 7.63. The van der Waals surface area contributed by atoms with Crippen molar-refractivity contribution in [1.82, 2.24) is 0 Å². The predicted molar refractivity (Wildman–Crippen MR) is 80.0 cm³/mol. The lowest BCUT2D eigenvalue weighted by Gasteiger charge is -2.37. The largest absolute Gasteiger partial charge is 0.491 e. The first kappa shape index (κ1) is 15.3. The molecule has 1 aliphatic carbocycles. The average Bonchev–Trinajstić information content (AvgIpc) is 2.48. The van der Waals surface area contributed by atoms with Gasteiger partial charge in [0.15, 0.2) is 0 Å². The van der Waals surface area contributed by atoms with E-state index < -0.39 is 5.60 Å². The molecule has 1 fully saturated rings. The maximum Gasteiger partial charge on any atom is 0.125 e. The van der Waals surface area contributed by atoms with Crippen molar-refractivity contribution in [3.63, 3.8) is 0 Å². The van der Waals surface area contributed by atoms with Gasteiger partial charge in [-0.25, -0.2) is 0 Å². The Balaban J connectivity index is 2.17. The van der Waals surface area contributed by atoms with E-state index in [1.165, 1.54) is 6.42 Å². The normalized spacial score (nSPS) is 26.4. The maximum absolute atomic E-state index is 11.1. The van der Waals surface area contributed by atoms with Crippen LogP contribution in [0.1, 0.15) is 44.6 Å². The maximum atomic E-state index is 11.1. The van der Waals surface area contributed by atoms with Crippen molar-refractivity contribution < 1.29 is 14.6 Å². The van der Waals surface area contributed by atoms with Crippen LogP contribution in [0.3, 0.4) is 0 Å². The van der Waals surface area contributed by atoms with E-state index in [0.717, 1.165) is 37.0 Å². The van der Waals surface area contributed by atoms with E-state index in [1.54, 1.807) is 7.11 Å². The Morgan fingerprint density at radius 2 is 2.10 bits per heavy atom. The number of ether oxygens (including phenoxy) is 2. The van der Waals surface area contributed by atoms with Crippen molar-refractivity contribution in [2.24, 2.45) is 5.92 Å². The number of methoxy groups -OCH3 is 1. The monoisotopic (exact) mass is 278 g/mol. The zero-order valence-corrected chi connectivity index (χ0v) is 12.6. The molecule has 2 rings (SSSR count). The van der Waals surface area contributed by atoms with Crippen LogP contribution in [-0.2, 0) is 10.3 Å². The summed E-state index contributed by atoms with van der Waals surface area (Å²) in [5.74, 6) is 1.41. The smallest absolute Gasteiger partial charge is 0.125 e. The van der Waals surface area contributed by atoms with Crippen LogP contribution < -0.4 is 4.74 Å². The van der Waals surface area contributed by atoms with Crippen LogP contribution in [0, 0.1) is 5.92 Å². The first-order valence-corrected chi connectivity index (χ1v) is 7.63. The van der Waals surface area contributed by atoms with Crippen LogP contribution in [0.15, 0.2) is 24.3 Å². The zero-order chi connectivity index (χ0) is 14.4. The van der Waals surface area contributed by atoms with Gasteiger partial charge in [0.2, 0.25) is 0 Å². The molecule has 1 N–H and O–H groups in total. The summed E-state index contributed by atoms with van der Waals surface area (Å²) in [6, 6.07) is 7.87. The molecule has 0 heterocycles. The standard InChI is InChI=1S/C17H26O3/c1-3-14-7-6-10-17(18,13-14)15-8-4-5-9-16(15)20-12-11-19-2/h4-5,8-9,14,18H,3,6-7,10-13H2,1-2H3. The number of rotatable bonds is 6. The third-order valence-corrected chi connectivity index (χ3v) is 4.34. The summed E-state index contributed by atoms with van der Waals surface area (Å²) in [5.41, 5.74) is 0.206. The van der Waals surface area contributed by atoms with E-state index >= 15 is 0 Å². The molecule has 1 saturated carbocycles. The van der Waals surface area contributed by atoms with Crippen molar-refractivity contribution in [1.29, 1.82) is 0 Å². The van der Waals surface area contributed by atoms with E-state index in [1.807, 2.05) is 24.3 Å². The topological polar surface area (TPSA) is 38.7 Å². The lowest BCUT2D eigenvalue weighted by atomic mass is 9.73. The van der Waals surface area contributed by atoms with E-state index in [2.05, 4.69) is 6.92 Å². The molecule has 0 spiro atoms. The molecular weight excluding hydrogens is 252 g/mol. The van der Waals surface area contributed by atoms with Gasteiger partial charge in [-0.15, -0.1) is 0 Å². The molecule has 20 heavy (non-hydrogen) atoms. The summed E-state index contributed by atoms with van der Waals surface area (Å²) in [4.78, 5) is 0. The van der Waals surface area contributed by atoms with Crippen LogP contribution in [0.25, 0.3) is 0 Å². The van der Waals surface area contributed by atoms with Gasteiger partial charge in [0, 0.05) is 12.7 Å². The molecule has 0 saturated heterocycles. The summed E-state index contributed by atoms with van der Waals surface area (Å²) in [6.45, 7) is 3.28. The second-order valence-electron chi connectivity index (χ2n) is 5.74. The minimum Gasteiger partial charge on any atom is -0.491 e. The molecule has 1 aromatic rings. The molecule has 3 nitrogen and oxygen atoms in total. The van der Waals surface area contributed by atoms with Gasteiger partial charge in [-0.3, -0.25) is 0 Å². The molecule has 1 aliphatic rings. The summed E-state index contributed by atoms with van der Waals surface area (Å²) in [5, 5.41) is 11.1. The van der Waals surface area contributed by atoms with Gasteiger partial charge < -0.3 is 14.6 Å². The molecule has 2 unspecified atom stereocenters. The number of benzene rings is 1. The van der Waals surface area contributed by atoms with E-state index in [9.17, 15) is 5.11 Å². The Labute approximate surface area is 121 Å². The van der Waals surface area contributed by atoms with Crippen LogP contribution in [0.5, 0.6) is 5.75 Å². The van der Waals surface area contributed by atoms with Gasteiger partial charge in [-0.2, -0.15) is 0 Å². The lowest BCUT2D eigenvalue weighted by Crippen LogP contribution is -2.33. The molecule has 112 valence electrons. The second-order valence-corrected chi connectivity index (χ2v) is 5.74. The number of hydrogen-bond acceptors (Lipinski definition) is 3. The van der Waals surface area contributed by atoms with Crippen molar-refractivity contribution >= 4 is 0 Å². The minimum atomic E-state index is -0.734. The molecule has 1 aromatic carbocycles. The fourth-order valence-electron chi connectivity index (χ4n) is 3.17. The fraction of sp³-hybridized carbons (Fsp3) is 0.647. The second kappa shape index (κ2) is 7.09. The summed E-state index contributed by atoms with van der Waals surface area (Å²) in [7, 11) is 1.66. The highest BCUT2D eigenvalue weighted by molar-refractivity contribution is 5.38. The Morgan fingerprint density at radius 1 is 1.30 bits per heavy atom. The number of aliphatic hydroxyl groups is 1. The van der Waals surface area contributed by atoms with Gasteiger partial charge in [-0.1, -0.05) is 38.0 Å². The zero-order valence-electron chi connectivity index (χ0n) is 12.6. The Hall–Kier alpha value is -1.06. The van der Waals surface area contributed by atoms with Crippen LogP contribution in [-0.4, -0.2) is 25.4 Å². The quantitative estimate of drug-likeness (QED) is 0.809. The minimum absolute atomic E-state index is 0.515. The van der Waals surface area contributed by atoms with E-state index in [4.69, 9.17) is 9.47 Å². The number of hydrogen-bond donors (Lipinski definition) is 1. The van der Waals surface area contributed by atoms with Crippen molar-refractivity contribution in [2.45, 2.75) is 44.6 Å². The van der Waals surface area contributed by atoms with Crippen molar-refractivity contribution in [2.75, 3.05) is 20.3 Å². The molecule has 2 atom stereocenters. The lowest BCUT2D eigenvalue weighted by molar-refractivity contribution is -0.0240. The Kier molecular flexibility index (Phi) is 5.44.